The first-order chi connectivity index (χ1) is 24.8. The van der Waals surface area contributed by atoms with E-state index in [1.54, 1.807) is 52.0 Å². The van der Waals surface area contributed by atoms with Crippen molar-refractivity contribution in [3.63, 3.8) is 0 Å². The van der Waals surface area contributed by atoms with Crippen LogP contribution >= 0.6 is 0 Å². The Kier molecular flexibility index (Phi) is 9.73. The number of Topliss-reactive ketones (excluding diaryl/α,β-unsaturated/α-hetero) is 1. The fourth-order valence-electron chi connectivity index (χ4n) is 6.23. The summed E-state index contributed by atoms with van der Waals surface area (Å²) in [5.41, 5.74) is 15.1. The Labute approximate surface area is 296 Å². The molecular weight excluding hydrogens is 670 g/mol. The highest BCUT2D eigenvalue weighted by atomic mass is 16.3. The second-order valence-corrected chi connectivity index (χ2v) is 12.5. The quantitative estimate of drug-likeness (QED) is 0.103. The molecule has 17 nitrogen and oxygen atoms in total. The number of aliphatic hydroxyl groups is 2. The molecule has 6 aromatic rings. The van der Waals surface area contributed by atoms with Gasteiger partial charge in [-0.05, 0) is 76.2 Å². The van der Waals surface area contributed by atoms with Gasteiger partial charge in [0.2, 0.25) is 17.8 Å². The molecule has 52 heavy (non-hydrogen) atoms. The van der Waals surface area contributed by atoms with Crippen molar-refractivity contribution < 1.29 is 29.4 Å². The highest BCUT2D eigenvalue weighted by molar-refractivity contribution is 6.03. The fraction of sp³-hybridized carbons (Fsp3) is 0.314. The maximum Gasteiger partial charge on any atom is 0.276 e. The van der Waals surface area contributed by atoms with Crippen LogP contribution in [-0.2, 0) is 32.6 Å². The maximum absolute atomic E-state index is 13.5. The van der Waals surface area contributed by atoms with Crippen molar-refractivity contribution in [2.75, 3.05) is 5.32 Å². The van der Waals surface area contributed by atoms with Gasteiger partial charge < -0.3 is 30.8 Å². The predicted molar refractivity (Wildman–Crippen MR) is 190 cm³/mol. The van der Waals surface area contributed by atoms with Crippen molar-refractivity contribution in [3.05, 3.63) is 88.3 Å². The number of fused-ring (bicyclic) bond motifs is 2. The number of aryl methyl sites for hydroxylation is 4. The van der Waals surface area contributed by atoms with Gasteiger partial charge in [0.25, 0.3) is 5.91 Å². The van der Waals surface area contributed by atoms with Crippen LogP contribution in [0.3, 0.4) is 0 Å². The van der Waals surface area contributed by atoms with Crippen LogP contribution in [0.2, 0.25) is 0 Å². The number of hydrogen-bond acceptors (Lipinski definition) is 10. The maximum atomic E-state index is 13.5. The first-order valence-corrected chi connectivity index (χ1v) is 16.7. The lowest BCUT2D eigenvalue weighted by Gasteiger charge is -2.22. The highest BCUT2D eigenvalue weighted by Gasteiger charge is 2.26. The zero-order valence-electron chi connectivity index (χ0n) is 29.1. The van der Waals surface area contributed by atoms with Crippen LogP contribution in [0.1, 0.15) is 72.8 Å². The number of nitrogens with zero attached hydrogens (tertiary/aromatic N) is 8. The van der Waals surface area contributed by atoms with E-state index >= 15 is 0 Å². The number of nitrogens with two attached hydrogens (primary N) is 2. The molecule has 6 rings (SSSR count). The zero-order chi connectivity index (χ0) is 37.4. The van der Waals surface area contributed by atoms with E-state index in [1.807, 2.05) is 13.8 Å². The smallest absolute Gasteiger partial charge is 0.276 e. The third-order valence-corrected chi connectivity index (χ3v) is 8.79. The third-order valence-electron chi connectivity index (χ3n) is 8.79. The second kappa shape index (κ2) is 14.2. The molecule has 270 valence electrons. The van der Waals surface area contributed by atoms with Gasteiger partial charge in [0, 0.05) is 24.2 Å². The number of amides is 3. The molecule has 0 spiro atoms. The average molecular weight is 710 g/mol. The average Bonchev–Trinajstić information content (AvgIpc) is 3.86. The fourth-order valence-corrected chi connectivity index (χ4v) is 6.23. The molecule has 3 amide bonds. The summed E-state index contributed by atoms with van der Waals surface area (Å²) in [5, 5.41) is 34.5. The monoisotopic (exact) mass is 709 g/mol. The van der Waals surface area contributed by atoms with Crippen molar-refractivity contribution in [3.8, 4) is 0 Å². The summed E-state index contributed by atoms with van der Waals surface area (Å²) in [5.74, 6) is -1.74. The number of nitrogens with one attached hydrogen (secondary N) is 1. The van der Waals surface area contributed by atoms with Crippen molar-refractivity contribution in [1.29, 1.82) is 0 Å². The molecule has 0 aliphatic heterocycles. The zero-order valence-corrected chi connectivity index (χ0v) is 29.1. The molecular formula is C35H39N11O6. The number of carbonyl (C=O) groups is 4. The van der Waals surface area contributed by atoms with E-state index in [0.29, 0.717) is 57.9 Å². The van der Waals surface area contributed by atoms with E-state index in [-0.39, 0.29) is 48.2 Å². The van der Waals surface area contributed by atoms with Crippen LogP contribution in [0.15, 0.2) is 48.5 Å². The number of imidazole rings is 2. The number of anilines is 1. The lowest BCUT2D eigenvalue weighted by atomic mass is 10.1. The molecule has 0 fully saturated rings. The van der Waals surface area contributed by atoms with E-state index in [2.05, 4.69) is 25.5 Å². The van der Waals surface area contributed by atoms with Crippen LogP contribution in [0.4, 0.5) is 5.95 Å². The van der Waals surface area contributed by atoms with E-state index in [9.17, 15) is 29.4 Å². The van der Waals surface area contributed by atoms with Gasteiger partial charge in [0.15, 0.2) is 5.78 Å². The normalized spacial score (nSPS) is 12.7. The minimum atomic E-state index is -1.44. The minimum Gasteiger partial charge on any atom is -0.388 e. The number of carbonyl (C=O) groups excluding carboxylic acids is 4. The van der Waals surface area contributed by atoms with Crippen LogP contribution in [-0.4, -0.2) is 84.6 Å². The molecule has 17 heteroatoms. The molecule has 2 aromatic carbocycles. The van der Waals surface area contributed by atoms with Gasteiger partial charge in [-0.2, -0.15) is 10.2 Å². The first kappa shape index (κ1) is 35.6. The second-order valence-electron chi connectivity index (χ2n) is 12.5. The van der Waals surface area contributed by atoms with Gasteiger partial charge in [-0.25, -0.2) is 9.97 Å². The number of aromatic nitrogens is 8. The topological polar surface area (TPSA) is 244 Å². The van der Waals surface area contributed by atoms with Crippen molar-refractivity contribution in [2.24, 2.45) is 11.5 Å². The van der Waals surface area contributed by atoms with Crippen LogP contribution < -0.4 is 16.8 Å². The molecule has 0 saturated carbocycles. The van der Waals surface area contributed by atoms with Crippen LogP contribution in [0, 0.1) is 13.8 Å². The Hall–Kier alpha value is -6.20. The SMILES string of the molecule is CCn1nc(C)cc1C(=O)Cc1nc2cc(C(N)=O)ccc2n1C[C@@H](O)[C@H](O)Cn1c(NC(=O)c2cc(C)nn2CC)nc2cc(C(N)=O)ccc21. The first-order valence-electron chi connectivity index (χ1n) is 16.7. The molecule has 4 heterocycles. The summed E-state index contributed by atoms with van der Waals surface area (Å²) in [6.07, 6.45) is -3.03. The molecule has 0 radical (unpaired) electrons. The van der Waals surface area contributed by atoms with E-state index < -0.39 is 29.9 Å². The molecule has 2 atom stereocenters. The number of benzene rings is 2. The standard InChI is InChI=1S/C35H39N11O6/c1-5-45-26(11-18(3)41-45)28(47)15-31-38-22-13-20(32(36)50)7-9-24(22)43(31)16-29(48)30(49)17-44-25-10-8-21(33(37)51)14-23(25)39-35(44)40-34(52)27-12-19(4)42-46(27)6-2/h7-14,29-30,48-49H,5-6,15-17H2,1-4H3,(H2,36,50)(H2,37,51)(H,39,40,52)/t29-,30-/m1/s1. The number of primary amides is 2. The van der Waals surface area contributed by atoms with Crippen molar-refractivity contribution in [1.82, 2.24) is 38.7 Å². The van der Waals surface area contributed by atoms with E-state index in [1.165, 1.54) is 28.8 Å². The molecule has 0 unspecified atom stereocenters. The molecule has 0 bridgehead atoms. The lowest BCUT2D eigenvalue weighted by Crippen LogP contribution is -2.35. The molecule has 4 aromatic heterocycles. The predicted octanol–water partition coefficient (Wildman–Crippen LogP) is 1.73. The number of rotatable bonds is 14. The van der Waals surface area contributed by atoms with E-state index in [4.69, 9.17) is 11.5 Å². The Morgan fingerprint density at radius 1 is 0.731 bits per heavy atom. The Bertz CT molecular complexity index is 2200. The van der Waals surface area contributed by atoms with E-state index in [0.717, 1.165) is 0 Å². The summed E-state index contributed by atoms with van der Waals surface area (Å²) in [7, 11) is 0. The number of ketones is 1. The van der Waals surface area contributed by atoms with Gasteiger partial charge in [0.1, 0.15) is 17.2 Å². The Morgan fingerprint density at radius 3 is 1.79 bits per heavy atom. The van der Waals surface area contributed by atoms with Gasteiger partial charge >= 0.3 is 0 Å². The van der Waals surface area contributed by atoms with Crippen molar-refractivity contribution >= 4 is 51.5 Å². The highest BCUT2D eigenvalue weighted by Crippen LogP contribution is 2.25. The van der Waals surface area contributed by atoms with Crippen LogP contribution in [0.25, 0.3) is 22.1 Å². The lowest BCUT2D eigenvalue weighted by molar-refractivity contribution is 0.00108. The summed E-state index contributed by atoms with van der Waals surface area (Å²) in [6, 6.07) is 12.5. The Balaban J connectivity index is 1.33. The molecule has 0 aliphatic carbocycles. The molecule has 7 N–H and O–H groups in total. The summed E-state index contributed by atoms with van der Waals surface area (Å²) in [6.45, 7) is 7.78. The van der Waals surface area contributed by atoms with Gasteiger partial charge in [-0.1, -0.05) is 0 Å². The minimum absolute atomic E-state index is 0.0514. The largest absolute Gasteiger partial charge is 0.388 e. The summed E-state index contributed by atoms with van der Waals surface area (Å²) in [4.78, 5) is 60.0. The van der Waals surface area contributed by atoms with Gasteiger partial charge in [-0.3, -0.25) is 33.9 Å². The summed E-state index contributed by atoms with van der Waals surface area (Å²) < 4.78 is 6.29. The van der Waals surface area contributed by atoms with Crippen molar-refractivity contribution in [2.45, 2.75) is 72.5 Å². The van der Waals surface area contributed by atoms with Crippen LogP contribution in [0.5, 0.6) is 0 Å². The molecule has 0 aliphatic rings. The number of hydrogen-bond donors (Lipinski definition) is 5. The summed E-state index contributed by atoms with van der Waals surface area (Å²) >= 11 is 0. The Morgan fingerprint density at radius 2 is 1.23 bits per heavy atom. The number of aliphatic hydroxyl groups excluding tert-OH is 2. The molecule has 0 saturated heterocycles. The van der Waals surface area contributed by atoms with Gasteiger partial charge in [0.05, 0.1) is 65.2 Å². The third kappa shape index (κ3) is 6.90. The van der Waals surface area contributed by atoms with Gasteiger partial charge in [-0.15, -0.1) is 0 Å².